The monoisotopic (exact) mass is 218 g/mol. The molecule has 0 amide bonds. The van der Waals surface area contributed by atoms with E-state index in [0.717, 1.165) is 12.1 Å². The first-order valence-corrected chi connectivity index (χ1v) is 5.27. The normalized spacial score (nSPS) is 11.2. The molecule has 0 saturated carbocycles. The molecule has 16 heavy (non-hydrogen) atoms. The molecule has 0 spiro atoms. The van der Waals surface area contributed by atoms with Crippen molar-refractivity contribution >= 4 is 11.6 Å². The number of hydrogen-bond donors (Lipinski definition) is 1. The summed E-state index contributed by atoms with van der Waals surface area (Å²) in [5, 5.41) is 8.86. The third kappa shape index (κ3) is 2.05. The van der Waals surface area contributed by atoms with Crippen LogP contribution in [0.5, 0.6) is 0 Å². The average Bonchev–Trinajstić information content (AvgIpc) is 2.56. The lowest BCUT2D eigenvalue weighted by molar-refractivity contribution is 0.0697. The molecule has 0 aromatic carbocycles. The van der Waals surface area contributed by atoms with Crippen LogP contribution >= 0.6 is 0 Å². The maximum absolute atomic E-state index is 10.8. The second-order valence-electron chi connectivity index (χ2n) is 4.32. The molecular formula is C12H14N2O2. The number of carbonyl (C=O) groups is 1. The molecule has 0 saturated heterocycles. The van der Waals surface area contributed by atoms with Crippen LogP contribution in [0.25, 0.3) is 5.65 Å². The molecular weight excluding hydrogens is 204 g/mol. The first kappa shape index (κ1) is 10.7. The highest BCUT2D eigenvalue weighted by atomic mass is 16.4. The van der Waals surface area contributed by atoms with Crippen LogP contribution in [0.2, 0.25) is 0 Å². The van der Waals surface area contributed by atoms with E-state index in [2.05, 4.69) is 18.8 Å². The molecule has 0 radical (unpaired) electrons. The van der Waals surface area contributed by atoms with Gasteiger partial charge in [0.1, 0.15) is 5.65 Å². The third-order valence-corrected chi connectivity index (χ3v) is 2.37. The number of carboxylic acids is 1. The van der Waals surface area contributed by atoms with Gasteiger partial charge in [-0.2, -0.15) is 0 Å². The van der Waals surface area contributed by atoms with Gasteiger partial charge in [0, 0.05) is 12.4 Å². The van der Waals surface area contributed by atoms with E-state index >= 15 is 0 Å². The van der Waals surface area contributed by atoms with Gasteiger partial charge in [-0.25, -0.2) is 9.78 Å². The summed E-state index contributed by atoms with van der Waals surface area (Å²) >= 11 is 0. The number of aromatic nitrogens is 2. The van der Waals surface area contributed by atoms with Crippen LogP contribution in [0.4, 0.5) is 0 Å². The number of fused-ring (bicyclic) bond motifs is 1. The zero-order valence-electron chi connectivity index (χ0n) is 9.34. The average molecular weight is 218 g/mol. The molecule has 4 heteroatoms. The van der Waals surface area contributed by atoms with E-state index in [0.29, 0.717) is 11.6 Å². The SMILES string of the molecule is CC(C)Cc1cn2ccc(C(=O)O)cc2n1. The molecule has 0 atom stereocenters. The van der Waals surface area contributed by atoms with Gasteiger partial charge in [-0.05, 0) is 24.5 Å². The minimum Gasteiger partial charge on any atom is -0.478 e. The summed E-state index contributed by atoms with van der Waals surface area (Å²) in [5.41, 5.74) is 1.96. The van der Waals surface area contributed by atoms with Crippen molar-refractivity contribution in [2.24, 2.45) is 5.92 Å². The van der Waals surface area contributed by atoms with Gasteiger partial charge < -0.3 is 9.51 Å². The fraction of sp³-hybridized carbons (Fsp3) is 0.333. The fourth-order valence-corrected chi connectivity index (χ4v) is 1.68. The molecule has 0 unspecified atom stereocenters. The zero-order valence-corrected chi connectivity index (χ0v) is 9.34. The largest absolute Gasteiger partial charge is 0.478 e. The van der Waals surface area contributed by atoms with Gasteiger partial charge in [0.15, 0.2) is 0 Å². The molecule has 2 rings (SSSR count). The van der Waals surface area contributed by atoms with Gasteiger partial charge in [-0.15, -0.1) is 0 Å². The Kier molecular flexibility index (Phi) is 2.64. The number of nitrogens with zero attached hydrogens (tertiary/aromatic N) is 2. The highest BCUT2D eigenvalue weighted by Gasteiger charge is 2.07. The number of rotatable bonds is 3. The number of carboxylic acid groups (broad SMARTS) is 1. The molecule has 2 aromatic rings. The van der Waals surface area contributed by atoms with Crippen molar-refractivity contribution in [1.82, 2.24) is 9.38 Å². The summed E-state index contributed by atoms with van der Waals surface area (Å²) in [5.74, 6) is -0.375. The van der Waals surface area contributed by atoms with E-state index < -0.39 is 5.97 Å². The van der Waals surface area contributed by atoms with Crippen molar-refractivity contribution in [1.29, 1.82) is 0 Å². The highest BCUT2D eigenvalue weighted by molar-refractivity contribution is 5.88. The van der Waals surface area contributed by atoms with Crippen LogP contribution in [0.1, 0.15) is 29.9 Å². The standard InChI is InChI=1S/C12H14N2O2/c1-8(2)5-10-7-14-4-3-9(12(15)16)6-11(14)13-10/h3-4,6-8H,5H2,1-2H3,(H,15,16). The minimum absolute atomic E-state index is 0.272. The predicted octanol–water partition coefficient (Wildman–Crippen LogP) is 2.23. The third-order valence-electron chi connectivity index (χ3n) is 2.37. The smallest absolute Gasteiger partial charge is 0.335 e. The first-order valence-electron chi connectivity index (χ1n) is 5.27. The molecule has 84 valence electrons. The van der Waals surface area contributed by atoms with E-state index in [1.165, 1.54) is 0 Å². The molecule has 1 N–H and O–H groups in total. The Hall–Kier alpha value is -1.84. The lowest BCUT2D eigenvalue weighted by Gasteiger charge is -1.97. The predicted molar refractivity (Wildman–Crippen MR) is 60.7 cm³/mol. The molecule has 4 nitrogen and oxygen atoms in total. The van der Waals surface area contributed by atoms with Crippen LogP contribution in [-0.2, 0) is 6.42 Å². The van der Waals surface area contributed by atoms with Crippen LogP contribution in [0.3, 0.4) is 0 Å². The summed E-state index contributed by atoms with van der Waals surface area (Å²) in [4.78, 5) is 15.2. The summed E-state index contributed by atoms with van der Waals surface area (Å²) in [6.07, 6.45) is 4.58. The molecule has 0 aliphatic rings. The second kappa shape index (κ2) is 3.96. The van der Waals surface area contributed by atoms with E-state index in [9.17, 15) is 4.79 Å². The Labute approximate surface area is 93.5 Å². The Morgan fingerprint density at radius 1 is 1.56 bits per heavy atom. The Bertz CT molecular complexity index is 529. The Balaban J connectivity index is 2.42. The van der Waals surface area contributed by atoms with Crippen molar-refractivity contribution in [2.45, 2.75) is 20.3 Å². The van der Waals surface area contributed by atoms with Crippen LogP contribution < -0.4 is 0 Å². The van der Waals surface area contributed by atoms with Crippen LogP contribution in [0, 0.1) is 5.92 Å². The number of imidazole rings is 1. The zero-order chi connectivity index (χ0) is 11.7. The molecule has 0 bridgehead atoms. The van der Waals surface area contributed by atoms with Gasteiger partial charge >= 0.3 is 5.97 Å². The maximum atomic E-state index is 10.8. The highest BCUT2D eigenvalue weighted by Crippen LogP contribution is 2.11. The van der Waals surface area contributed by atoms with Crippen molar-refractivity contribution < 1.29 is 9.90 Å². The lowest BCUT2D eigenvalue weighted by Crippen LogP contribution is -1.97. The molecule has 2 heterocycles. The lowest BCUT2D eigenvalue weighted by atomic mass is 10.1. The summed E-state index contributed by atoms with van der Waals surface area (Å²) in [6, 6.07) is 3.17. The molecule has 0 fully saturated rings. The summed E-state index contributed by atoms with van der Waals surface area (Å²) in [7, 11) is 0. The minimum atomic E-state index is -0.920. The first-order chi connectivity index (χ1) is 7.56. The van der Waals surface area contributed by atoms with E-state index in [-0.39, 0.29) is 5.56 Å². The van der Waals surface area contributed by atoms with Gasteiger partial charge in [0.05, 0.1) is 11.3 Å². The number of pyridine rings is 1. The van der Waals surface area contributed by atoms with E-state index in [1.807, 2.05) is 10.6 Å². The van der Waals surface area contributed by atoms with Crippen molar-refractivity contribution in [3.63, 3.8) is 0 Å². The number of hydrogen-bond acceptors (Lipinski definition) is 2. The Morgan fingerprint density at radius 3 is 2.94 bits per heavy atom. The second-order valence-corrected chi connectivity index (χ2v) is 4.32. The van der Waals surface area contributed by atoms with Crippen molar-refractivity contribution in [3.8, 4) is 0 Å². The van der Waals surface area contributed by atoms with E-state index in [4.69, 9.17) is 5.11 Å². The fourth-order valence-electron chi connectivity index (χ4n) is 1.68. The molecule has 0 aliphatic heterocycles. The summed E-state index contributed by atoms with van der Waals surface area (Å²) < 4.78 is 1.85. The topological polar surface area (TPSA) is 54.6 Å². The van der Waals surface area contributed by atoms with Gasteiger partial charge in [0.2, 0.25) is 0 Å². The Morgan fingerprint density at radius 2 is 2.31 bits per heavy atom. The molecule has 2 aromatic heterocycles. The maximum Gasteiger partial charge on any atom is 0.335 e. The number of aromatic carboxylic acids is 1. The summed E-state index contributed by atoms with van der Waals surface area (Å²) in [6.45, 7) is 4.26. The van der Waals surface area contributed by atoms with Crippen LogP contribution in [0.15, 0.2) is 24.5 Å². The quantitative estimate of drug-likeness (QED) is 0.859. The van der Waals surface area contributed by atoms with E-state index in [1.54, 1.807) is 18.3 Å². The molecule has 0 aliphatic carbocycles. The van der Waals surface area contributed by atoms with Crippen molar-refractivity contribution in [3.05, 3.63) is 35.8 Å². The van der Waals surface area contributed by atoms with Gasteiger partial charge in [-0.1, -0.05) is 13.8 Å². The van der Waals surface area contributed by atoms with Gasteiger partial charge in [0.25, 0.3) is 0 Å². The van der Waals surface area contributed by atoms with Crippen molar-refractivity contribution in [2.75, 3.05) is 0 Å². The van der Waals surface area contributed by atoms with Gasteiger partial charge in [-0.3, -0.25) is 0 Å². The van der Waals surface area contributed by atoms with Crippen LogP contribution in [-0.4, -0.2) is 20.5 Å².